The molecule has 0 fully saturated rings. The van der Waals surface area contributed by atoms with Gasteiger partial charge < -0.3 is 9.47 Å². The first kappa shape index (κ1) is 17.9. The normalized spacial score (nSPS) is 11.5. The van der Waals surface area contributed by atoms with E-state index in [4.69, 9.17) is 9.47 Å². The maximum Gasteiger partial charge on any atom is 0.306 e. The van der Waals surface area contributed by atoms with Crippen LogP contribution >= 0.6 is 0 Å². The second kappa shape index (κ2) is 9.71. The van der Waals surface area contributed by atoms with Crippen LogP contribution in [0, 0.1) is 0 Å². The van der Waals surface area contributed by atoms with Crippen molar-refractivity contribution in [2.45, 2.75) is 39.0 Å². The molecule has 1 rings (SSSR count). The maximum absolute atomic E-state index is 12.4. The van der Waals surface area contributed by atoms with Gasteiger partial charge in [-0.25, -0.2) is 0 Å². The Hall–Kier alpha value is -2.17. The molecule has 0 aliphatic carbocycles. The van der Waals surface area contributed by atoms with Crippen LogP contribution in [-0.2, 0) is 23.9 Å². The molecule has 120 valence electrons. The lowest BCUT2D eigenvalue weighted by Gasteiger charge is -2.15. The molecule has 0 aromatic heterocycles. The Morgan fingerprint density at radius 2 is 1.50 bits per heavy atom. The number of carbonyl (C=O) groups excluding carboxylic acids is 3. The van der Waals surface area contributed by atoms with Crippen LogP contribution < -0.4 is 0 Å². The Bertz CT molecular complexity index is 495. The van der Waals surface area contributed by atoms with Gasteiger partial charge in [0, 0.05) is 6.42 Å². The summed E-state index contributed by atoms with van der Waals surface area (Å²) in [7, 11) is 0. The Kier molecular flexibility index (Phi) is 7.89. The van der Waals surface area contributed by atoms with Gasteiger partial charge >= 0.3 is 11.9 Å². The van der Waals surface area contributed by atoms with Gasteiger partial charge in [-0.3, -0.25) is 14.4 Å². The summed E-state index contributed by atoms with van der Waals surface area (Å²) in [5.74, 6) is -1.57. The SMILES string of the molecule is CCOC(=O)CCC(=O)C(CC(=O)OCC)c1ccccc1. The lowest BCUT2D eigenvalue weighted by atomic mass is 9.89. The number of Topliss-reactive ketones (excluding diaryl/α,β-unsaturated/α-hetero) is 1. The van der Waals surface area contributed by atoms with Crippen LogP contribution in [-0.4, -0.2) is 30.9 Å². The average molecular weight is 306 g/mol. The van der Waals surface area contributed by atoms with Gasteiger partial charge in [-0.2, -0.15) is 0 Å². The van der Waals surface area contributed by atoms with E-state index in [1.54, 1.807) is 26.0 Å². The summed E-state index contributed by atoms with van der Waals surface area (Å²) < 4.78 is 9.74. The number of hydrogen-bond donors (Lipinski definition) is 0. The minimum atomic E-state index is -0.588. The van der Waals surface area contributed by atoms with Gasteiger partial charge in [0.2, 0.25) is 0 Å². The van der Waals surface area contributed by atoms with E-state index in [0.29, 0.717) is 0 Å². The van der Waals surface area contributed by atoms with Gasteiger partial charge in [-0.1, -0.05) is 30.3 Å². The maximum atomic E-state index is 12.4. The molecule has 0 radical (unpaired) electrons. The minimum Gasteiger partial charge on any atom is -0.466 e. The first-order valence-corrected chi connectivity index (χ1v) is 7.47. The summed E-state index contributed by atoms with van der Waals surface area (Å²) >= 11 is 0. The molecule has 5 nitrogen and oxygen atoms in total. The zero-order valence-corrected chi connectivity index (χ0v) is 13.0. The summed E-state index contributed by atoms with van der Waals surface area (Å²) in [6.45, 7) is 4.00. The number of benzene rings is 1. The molecule has 0 aliphatic heterocycles. The first-order chi connectivity index (χ1) is 10.6. The lowest BCUT2D eigenvalue weighted by Crippen LogP contribution is -2.19. The quantitative estimate of drug-likeness (QED) is 0.656. The molecule has 0 saturated carbocycles. The average Bonchev–Trinajstić information content (AvgIpc) is 2.52. The van der Waals surface area contributed by atoms with Crippen LogP contribution in [0.15, 0.2) is 30.3 Å². The van der Waals surface area contributed by atoms with Crippen molar-refractivity contribution in [1.82, 2.24) is 0 Å². The number of rotatable bonds is 9. The fourth-order valence-corrected chi connectivity index (χ4v) is 2.12. The van der Waals surface area contributed by atoms with Crippen molar-refractivity contribution in [2.24, 2.45) is 0 Å². The van der Waals surface area contributed by atoms with Crippen LogP contribution in [0.25, 0.3) is 0 Å². The van der Waals surface area contributed by atoms with Crippen LogP contribution in [0.3, 0.4) is 0 Å². The summed E-state index contributed by atoms with van der Waals surface area (Å²) in [6, 6.07) is 9.06. The fourth-order valence-electron chi connectivity index (χ4n) is 2.12. The van der Waals surface area contributed by atoms with E-state index >= 15 is 0 Å². The number of ether oxygens (including phenoxy) is 2. The molecule has 5 heteroatoms. The largest absolute Gasteiger partial charge is 0.466 e. The number of hydrogen-bond acceptors (Lipinski definition) is 5. The molecule has 0 aliphatic rings. The topological polar surface area (TPSA) is 69.7 Å². The molecule has 0 bridgehead atoms. The molecule has 1 aromatic rings. The Labute approximate surface area is 130 Å². The molecule has 22 heavy (non-hydrogen) atoms. The zero-order valence-electron chi connectivity index (χ0n) is 13.0. The molecule has 0 heterocycles. The van der Waals surface area contributed by atoms with Gasteiger partial charge in [0.15, 0.2) is 0 Å². The first-order valence-electron chi connectivity index (χ1n) is 7.47. The van der Waals surface area contributed by atoms with Crippen LogP contribution in [0.1, 0.15) is 44.6 Å². The second-order valence-electron chi connectivity index (χ2n) is 4.74. The van der Waals surface area contributed by atoms with Crippen molar-refractivity contribution in [1.29, 1.82) is 0 Å². The highest BCUT2D eigenvalue weighted by Gasteiger charge is 2.24. The van der Waals surface area contributed by atoms with Gasteiger partial charge in [0.25, 0.3) is 0 Å². The van der Waals surface area contributed by atoms with E-state index in [9.17, 15) is 14.4 Å². The van der Waals surface area contributed by atoms with Gasteiger partial charge in [-0.15, -0.1) is 0 Å². The summed E-state index contributed by atoms with van der Waals surface area (Å²) in [5, 5.41) is 0. The smallest absolute Gasteiger partial charge is 0.306 e. The fraction of sp³-hybridized carbons (Fsp3) is 0.471. The molecule has 1 unspecified atom stereocenters. The second-order valence-corrected chi connectivity index (χ2v) is 4.74. The van der Waals surface area contributed by atoms with E-state index in [2.05, 4.69) is 0 Å². The Balaban J connectivity index is 2.74. The monoisotopic (exact) mass is 306 g/mol. The standard InChI is InChI=1S/C17H22O5/c1-3-21-16(19)11-10-15(18)14(12-17(20)22-4-2)13-8-6-5-7-9-13/h5-9,14H,3-4,10-12H2,1-2H3. The van der Waals surface area contributed by atoms with Crippen molar-refractivity contribution < 1.29 is 23.9 Å². The van der Waals surface area contributed by atoms with Gasteiger partial charge in [0.05, 0.1) is 32.0 Å². The van der Waals surface area contributed by atoms with E-state index in [-0.39, 0.29) is 38.3 Å². The predicted molar refractivity (Wildman–Crippen MR) is 81.3 cm³/mol. The molecule has 1 atom stereocenters. The van der Waals surface area contributed by atoms with Crippen LogP contribution in [0.5, 0.6) is 0 Å². The van der Waals surface area contributed by atoms with Crippen molar-refractivity contribution in [3.05, 3.63) is 35.9 Å². The predicted octanol–water partition coefficient (Wildman–Crippen LogP) is 2.64. The van der Waals surface area contributed by atoms with E-state index < -0.39 is 17.9 Å². The van der Waals surface area contributed by atoms with Gasteiger partial charge in [0.1, 0.15) is 5.78 Å². The highest BCUT2D eigenvalue weighted by atomic mass is 16.5. The molecule has 1 aromatic carbocycles. The number of esters is 2. The van der Waals surface area contributed by atoms with Crippen LogP contribution in [0.2, 0.25) is 0 Å². The van der Waals surface area contributed by atoms with E-state index in [1.165, 1.54) is 0 Å². The molecule has 0 spiro atoms. The Morgan fingerprint density at radius 1 is 0.909 bits per heavy atom. The number of ketones is 1. The minimum absolute atomic E-state index is 0.0144. The zero-order chi connectivity index (χ0) is 16.4. The van der Waals surface area contributed by atoms with Crippen molar-refractivity contribution in [3.63, 3.8) is 0 Å². The molecule has 0 N–H and O–H groups in total. The van der Waals surface area contributed by atoms with E-state index in [0.717, 1.165) is 5.56 Å². The summed E-state index contributed by atoms with van der Waals surface area (Å²) in [6.07, 6.45) is 0.0656. The summed E-state index contributed by atoms with van der Waals surface area (Å²) in [4.78, 5) is 35.4. The third-order valence-electron chi connectivity index (χ3n) is 3.15. The highest BCUT2D eigenvalue weighted by molar-refractivity contribution is 5.91. The van der Waals surface area contributed by atoms with E-state index in [1.807, 2.05) is 18.2 Å². The molecular formula is C17H22O5. The highest BCUT2D eigenvalue weighted by Crippen LogP contribution is 2.23. The molecule has 0 amide bonds. The summed E-state index contributed by atoms with van der Waals surface area (Å²) in [5.41, 5.74) is 0.754. The van der Waals surface area contributed by atoms with Crippen molar-refractivity contribution >= 4 is 17.7 Å². The van der Waals surface area contributed by atoms with Crippen molar-refractivity contribution in [2.75, 3.05) is 13.2 Å². The van der Waals surface area contributed by atoms with Crippen molar-refractivity contribution in [3.8, 4) is 0 Å². The molecular weight excluding hydrogens is 284 g/mol. The molecule has 0 saturated heterocycles. The Morgan fingerprint density at radius 3 is 2.09 bits per heavy atom. The number of carbonyl (C=O) groups is 3. The third kappa shape index (κ3) is 6.08. The van der Waals surface area contributed by atoms with Crippen LogP contribution in [0.4, 0.5) is 0 Å². The lowest BCUT2D eigenvalue weighted by molar-refractivity contribution is -0.145. The third-order valence-corrected chi connectivity index (χ3v) is 3.15. The van der Waals surface area contributed by atoms with Gasteiger partial charge in [-0.05, 0) is 19.4 Å².